The topological polar surface area (TPSA) is 85.1 Å². The van der Waals surface area contributed by atoms with Gasteiger partial charge in [-0.25, -0.2) is 4.98 Å². The smallest absolute Gasteiger partial charge is 0.260 e. The highest BCUT2D eigenvalue weighted by Crippen LogP contribution is 2.35. The zero-order chi connectivity index (χ0) is 13.9. The molecular weight excluding hydrogens is 262 g/mol. The van der Waals surface area contributed by atoms with E-state index in [2.05, 4.69) is 10.3 Å². The standard InChI is InChI=1S/C13H19N3O2S/c1-13(5-3-2-4-6-13)12(18)16-8-10-15-7-9(19-10)11(14)17/h7H,2-6,8H2,1H3,(H2,14,17)(H,16,18). The van der Waals surface area contributed by atoms with Crippen LogP contribution in [0.3, 0.4) is 0 Å². The van der Waals surface area contributed by atoms with E-state index in [1.165, 1.54) is 24.0 Å². The molecule has 1 aromatic heterocycles. The maximum absolute atomic E-state index is 12.2. The first-order chi connectivity index (χ1) is 9.01. The van der Waals surface area contributed by atoms with Crippen LogP contribution in [-0.4, -0.2) is 16.8 Å². The third kappa shape index (κ3) is 3.32. The van der Waals surface area contributed by atoms with Crippen molar-refractivity contribution in [2.24, 2.45) is 11.1 Å². The molecule has 19 heavy (non-hydrogen) atoms. The monoisotopic (exact) mass is 281 g/mol. The van der Waals surface area contributed by atoms with Crippen LogP contribution in [0.25, 0.3) is 0 Å². The van der Waals surface area contributed by atoms with Gasteiger partial charge in [0.1, 0.15) is 9.88 Å². The number of nitrogens with zero attached hydrogens (tertiary/aromatic N) is 1. The van der Waals surface area contributed by atoms with Crippen molar-refractivity contribution in [1.29, 1.82) is 0 Å². The molecule has 0 aromatic carbocycles. The molecule has 5 nitrogen and oxygen atoms in total. The lowest BCUT2D eigenvalue weighted by Gasteiger charge is -2.31. The molecule has 6 heteroatoms. The number of primary amides is 1. The molecule has 1 fully saturated rings. The van der Waals surface area contributed by atoms with E-state index in [4.69, 9.17) is 5.73 Å². The van der Waals surface area contributed by atoms with Gasteiger partial charge in [-0.3, -0.25) is 9.59 Å². The van der Waals surface area contributed by atoms with Crippen LogP contribution in [0.1, 0.15) is 53.7 Å². The molecule has 3 N–H and O–H groups in total. The summed E-state index contributed by atoms with van der Waals surface area (Å²) in [4.78, 5) is 27.7. The maximum atomic E-state index is 12.2. The fourth-order valence-electron chi connectivity index (χ4n) is 2.43. The molecule has 2 amide bonds. The number of nitrogens with one attached hydrogen (secondary N) is 1. The van der Waals surface area contributed by atoms with Gasteiger partial charge < -0.3 is 11.1 Å². The zero-order valence-corrected chi connectivity index (χ0v) is 11.9. The number of amides is 2. The van der Waals surface area contributed by atoms with Crippen molar-refractivity contribution in [3.8, 4) is 0 Å². The Morgan fingerprint density at radius 3 is 2.68 bits per heavy atom. The Labute approximate surface area is 116 Å². The van der Waals surface area contributed by atoms with Gasteiger partial charge in [0.25, 0.3) is 5.91 Å². The summed E-state index contributed by atoms with van der Waals surface area (Å²) in [5.74, 6) is -0.391. The number of thiazole rings is 1. The molecule has 104 valence electrons. The molecule has 1 aromatic rings. The Balaban J connectivity index is 1.90. The van der Waals surface area contributed by atoms with Crippen molar-refractivity contribution in [3.05, 3.63) is 16.1 Å². The van der Waals surface area contributed by atoms with Gasteiger partial charge in [-0.2, -0.15) is 0 Å². The summed E-state index contributed by atoms with van der Waals surface area (Å²) in [5.41, 5.74) is 4.92. The normalized spacial score (nSPS) is 17.9. The van der Waals surface area contributed by atoms with Crippen molar-refractivity contribution >= 4 is 23.2 Å². The molecule has 0 radical (unpaired) electrons. The third-order valence-electron chi connectivity index (χ3n) is 3.70. The van der Waals surface area contributed by atoms with Crippen LogP contribution in [-0.2, 0) is 11.3 Å². The summed E-state index contributed by atoms with van der Waals surface area (Å²) in [6, 6.07) is 0. The summed E-state index contributed by atoms with van der Waals surface area (Å²) >= 11 is 1.23. The van der Waals surface area contributed by atoms with E-state index in [1.54, 1.807) is 0 Å². The molecule has 1 saturated carbocycles. The molecule has 0 bridgehead atoms. The predicted octanol–water partition coefficient (Wildman–Crippen LogP) is 1.83. The van der Waals surface area contributed by atoms with Crippen LogP contribution in [0.2, 0.25) is 0 Å². The summed E-state index contributed by atoms with van der Waals surface area (Å²) in [6.07, 6.45) is 6.81. The van der Waals surface area contributed by atoms with Crippen LogP contribution < -0.4 is 11.1 Å². The minimum atomic E-state index is -0.477. The summed E-state index contributed by atoms with van der Waals surface area (Å²) in [5, 5.41) is 3.63. The Bertz CT molecular complexity index is 478. The Morgan fingerprint density at radius 2 is 2.11 bits per heavy atom. The summed E-state index contributed by atoms with van der Waals surface area (Å²) < 4.78 is 0. The lowest BCUT2D eigenvalue weighted by molar-refractivity contribution is -0.132. The van der Waals surface area contributed by atoms with E-state index in [0.29, 0.717) is 16.4 Å². The zero-order valence-electron chi connectivity index (χ0n) is 11.1. The second kappa shape index (κ2) is 5.69. The summed E-state index contributed by atoms with van der Waals surface area (Å²) in [6.45, 7) is 2.39. The lowest BCUT2D eigenvalue weighted by atomic mass is 9.75. The number of carbonyl (C=O) groups excluding carboxylic acids is 2. The Morgan fingerprint density at radius 1 is 1.42 bits per heavy atom. The molecule has 1 aliphatic rings. The van der Waals surface area contributed by atoms with Gasteiger partial charge in [0.15, 0.2) is 0 Å². The van der Waals surface area contributed by atoms with E-state index >= 15 is 0 Å². The molecular formula is C13H19N3O2S. The van der Waals surface area contributed by atoms with E-state index in [-0.39, 0.29) is 11.3 Å². The molecule has 0 aliphatic heterocycles. The highest BCUT2D eigenvalue weighted by atomic mass is 32.1. The van der Waals surface area contributed by atoms with Gasteiger partial charge >= 0.3 is 0 Å². The van der Waals surface area contributed by atoms with Crippen molar-refractivity contribution in [3.63, 3.8) is 0 Å². The van der Waals surface area contributed by atoms with Gasteiger partial charge in [0.2, 0.25) is 5.91 Å². The van der Waals surface area contributed by atoms with Crippen molar-refractivity contribution in [2.75, 3.05) is 0 Å². The second-order valence-electron chi connectivity index (χ2n) is 5.29. The van der Waals surface area contributed by atoms with Gasteiger partial charge in [-0.1, -0.05) is 26.2 Å². The first-order valence-electron chi connectivity index (χ1n) is 6.54. The number of hydrogen-bond donors (Lipinski definition) is 2. The second-order valence-corrected chi connectivity index (χ2v) is 6.40. The van der Waals surface area contributed by atoms with Crippen molar-refractivity contribution < 1.29 is 9.59 Å². The highest BCUT2D eigenvalue weighted by Gasteiger charge is 2.34. The molecule has 0 atom stereocenters. The van der Waals surface area contributed by atoms with Crippen molar-refractivity contribution in [2.45, 2.75) is 45.6 Å². The van der Waals surface area contributed by atoms with Gasteiger partial charge in [-0.05, 0) is 12.8 Å². The third-order valence-corrected chi connectivity index (χ3v) is 4.71. The average Bonchev–Trinajstić information content (AvgIpc) is 2.85. The molecule has 2 rings (SSSR count). The van der Waals surface area contributed by atoms with Crippen LogP contribution in [0.5, 0.6) is 0 Å². The quantitative estimate of drug-likeness (QED) is 0.883. The number of nitrogens with two attached hydrogens (primary N) is 1. The number of aromatic nitrogens is 1. The number of carbonyl (C=O) groups is 2. The SMILES string of the molecule is CC1(C(=O)NCc2ncc(C(N)=O)s2)CCCCC1. The Kier molecular flexibility index (Phi) is 4.19. The lowest BCUT2D eigenvalue weighted by Crippen LogP contribution is -2.39. The fourth-order valence-corrected chi connectivity index (χ4v) is 3.14. The number of hydrogen-bond acceptors (Lipinski definition) is 4. The predicted molar refractivity (Wildman–Crippen MR) is 73.7 cm³/mol. The van der Waals surface area contributed by atoms with E-state index in [0.717, 1.165) is 25.7 Å². The minimum Gasteiger partial charge on any atom is -0.365 e. The minimum absolute atomic E-state index is 0.0861. The van der Waals surface area contributed by atoms with Crippen LogP contribution in [0.4, 0.5) is 0 Å². The van der Waals surface area contributed by atoms with Crippen LogP contribution in [0.15, 0.2) is 6.20 Å². The number of rotatable bonds is 4. The molecule has 1 heterocycles. The highest BCUT2D eigenvalue weighted by molar-refractivity contribution is 7.13. The molecule has 1 aliphatic carbocycles. The summed E-state index contributed by atoms with van der Waals surface area (Å²) in [7, 11) is 0. The van der Waals surface area contributed by atoms with E-state index < -0.39 is 5.91 Å². The Hall–Kier alpha value is -1.43. The van der Waals surface area contributed by atoms with Gasteiger partial charge in [-0.15, -0.1) is 11.3 Å². The van der Waals surface area contributed by atoms with Gasteiger partial charge in [0.05, 0.1) is 12.7 Å². The van der Waals surface area contributed by atoms with E-state index in [9.17, 15) is 9.59 Å². The van der Waals surface area contributed by atoms with Crippen LogP contribution >= 0.6 is 11.3 Å². The van der Waals surface area contributed by atoms with Crippen LogP contribution in [0, 0.1) is 5.41 Å². The van der Waals surface area contributed by atoms with E-state index in [1.807, 2.05) is 6.92 Å². The fraction of sp³-hybridized carbons (Fsp3) is 0.615. The molecule has 0 spiro atoms. The van der Waals surface area contributed by atoms with Crippen molar-refractivity contribution in [1.82, 2.24) is 10.3 Å². The average molecular weight is 281 g/mol. The first-order valence-corrected chi connectivity index (χ1v) is 7.36. The van der Waals surface area contributed by atoms with Gasteiger partial charge in [0, 0.05) is 5.41 Å². The molecule has 0 saturated heterocycles. The largest absolute Gasteiger partial charge is 0.365 e. The molecule has 0 unspecified atom stereocenters. The first kappa shape index (κ1) is 14.0. The maximum Gasteiger partial charge on any atom is 0.260 e.